The van der Waals surface area contributed by atoms with E-state index < -0.39 is 5.97 Å². The van der Waals surface area contributed by atoms with Crippen molar-refractivity contribution in [2.45, 2.75) is 12.5 Å². The molecular formula is C10H10N4O2. The van der Waals surface area contributed by atoms with Gasteiger partial charge in [0.15, 0.2) is 0 Å². The minimum Gasteiger partial charge on any atom is -0.477 e. The molecule has 0 saturated carbocycles. The Balaban J connectivity index is 2.27. The van der Waals surface area contributed by atoms with E-state index in [9.17, 15) is 4.79 Å². The summed E-state index contributed by atoms with van der Waals surface area (Å²) in [6, 6.07) is 1.62. The van der Waals surface area contributed by atoms with Crippen LogP contribution in [0.5, 0.6) is 0 Å². The van der Waals surface area contributed by atoms with Crippen molar-refractivity contribution in [3.63, 3.8) is 0 Å². The molecule has 3 rings (SSSR count). The number of aromatic carboxylic acids is 1. The minimum atomic E-state index is -1.03. The third kappa shape index (κ3) is 1.04. The summed E-state index contributed by atoms with van der Waals surface area (Å²) in [5, 5.41) is 15.6. The van der Waals surface area contributed by atoms with Gasteiger partial charge in [-0.3, -0.25) is 5.10 Å². The first-order valence-electron chi connectivity index (χ1n) is 4.92. The van der Waals surface area contributed by atoms with Crippen LogP contribution in [0, 0.1) is 0 Å². The van der Waals surface area contributed by atoms with E-state index in [0.29, 0.717) is 17.7 Å². The summed E-state index contributed by atoms with van der Waals surface area (Å²) in [5.41, 5.74) is 9.19. The summed E-state index contributed by atoms with van der Waals surface area (Å²) in [4.78, 5) is 14.0. The van der Waals surface area contributed by atoms with E-state index in [0.717, 1.165) is 11.3 Å². The number of hydrogen-bond acceptors (Lipinski definition) is 3. The Bertz CT molecular complexity index is 569. The molecule has 1 aliphatic carbocycles. The lowest BCUT2D eigenvalue weighted by molar-refractivity contribution is 0.0688. The molecular weight excluding hydrogens is 208 g/mol. The number of hydrogen-bond donors (Lipinski definition) is 4. The first-order chi connectivity index (χ1) is 7.68. The summed E-state index contributed by atoms with van der Waals surface area (Å²) in [7, 11) is 0. The Morgan fingerprint density at radius 3 is 3.19 bits per heavy atom. The van der Waals surface area contributed by atoms with Crippen LogP contribution in [0.3, 0.4) is 0 Å². The molecule has 6 nitrogen and oxygen atoms in total. The third-order valence-electron chi connectivity index (χ3n) is 2.90. The zero-order chi connectivity index (χ0) is 11.3. The Morgan fingerprint density at radius 2 is 2.44 bits per heavy atom. The predicted octanol–water partition coefficient (Wildman–Crippen LogP) is 0.659. The number of carboxylic acids is 1. The third-order valence-corrected chi connectivity index (χ3v) is 2.90. The highest BCUT2D eigenvalue weighted by Gasteiger charge is 2.30. The summed E-state index contributed by atoms with van der Waals surface area (Å²) in [6.07, 6.45) is 2.44. The van der Waals surface area contributed by atoms with Crippen LogP contribution in [0.15, 0.2) is 12.3 Å². The van der Waals surface area contributed by atoms with Crippen LogP contribution in [0.1, 0.15) is 27.7 Å². The average Bonchev–Trinajstić information content (AvgIpc) is 2.80. The lowest BCUT2D eigenvalue weighted by atomic mass is 9.90. The summed E-state index contributed by atoms with van der Waals surface area (Å²) >= 11 is 0. The van der Waals surface area contributed by atoms with Crippen LogP contribution >= 0.6 is 0 Å². The van der Waals surface area contributed by atoms with Crippen LogP contribution in [0.4, 0.5) is 0 Å². The monoisotopic (exact) mass is 218 g/mol. The zero-order valence-electron chi connectivity index (χ0n) is 8.32. The van der Waals surface area contributed by atoms with Gasteiger partial charge in [-0.15, -0.1) is 0 Å². The number of nitrogens with two attached hydrogens (primary N) is 1. The number of nitrogens with zero attached hydrogens (tertiary/aromatic N) is 1. The van der Waals surface area contributed by atoms with E-state index in [2.05, 4.69) is 15.2 Å². The Hall–Kier alpha value is -2.08. The highest BCUT2D eigenvalue weighted by Crippen LogP contribution is 2.36. The number of carboxylic acid groups (broad SMARTS) is 1. The quantitative estimate of drug-likeness (QED) is 0.563. The molecule has 0 saturated heterocycles. The molecule has 0 aromatic carbocycles. The molecule has 16 heavy (non-hydrogen) atoms. The van der Waals surface area contributed by atoms with Crippen LogP contribution in [-0.2, 0) is 6.42 Å². The van der Waals surface area contributed by atoms with Gasteiger partial charge >= 0.3 is 5.97 Å². The maximum Gasteiger partial charge on any atom is 0.354 e. The maximum absolute atomic E-state index is 11.0. The van der Waals surface area contributed by atoms with Gasteiger partial charge in [0.1, 0.15) is 11.4 Å². The van der Waals surface area contributed by atoms with Gasteiger partial charge in [-0.25, -0.2) is 4.79 Å². The number of aromatic nitrogens is 3. The SMILES string of the molecule is NC1Cc2cc[nH]c2-c2n[nH]c(C(=O)O)c21. The van der Waals surface area contributed by atoms with Gasteiger partial charge in [-0.2, -0.15) is 5.10 Å². The van der Waals surface area contributed by atoms with Crippen molar-refractivity contribution in [3.05, 3.63) is 29.1 Å². The molecule has 0 amide bonds. The van der Waals surface area contributed by atoms with Crippen LogP contribution in [0.25, 0.3) is 11.4 Å². The number of fused-ring (bicyclic) bond motifs is 3. The van der Waals surface area contributed by atoms with E-state index in [1.54, 1.807) is 0 Å². The maximum atomic E-state index is 11.0. The fourth-order valence-electron chi connectivity index (χ4n) is 2.20. The fraction of sp³-hybridized carbons (Fsp3) is 0.200. The molecule has 2 heterocycles. The molecule has 6 heteroatoms. The smallest absolute Gasteiger partial charge is 0.354 e. The second-order valence-electron chi connectivity index (χ2n) is 3.85. The molecule has 0 bridgehead atoms. The average molecular weight is 218 g/mol. The summed E-state index contributed by atoms with van der Waals surface area (Å²) in [6.45, 7) is 0. The van der Waals surface area contributed by atoms with Crippen LogP contribution in [0.2, 0.25) is 0 Å². The Morgan fingerprint density at radius 1 is 1.62 bits per heavy atom. The van der Waals surface area contributed by atoms with Gasteiger partial charge in [-0.05, 0) is 18.1 Å². The largest absolute Gasteiger partial charge is 0.477 e. The fourth-order valence-corrected chi connectivity index (χ4v) is 2.20. The van der Waals surface area contributed by atoms with Crippen LogP contribution < -0.4 is 5.73 Å². The van der Waals surface area contributed by atoms with Crippen molar-refractivity contribution in [1.82, 2.24) is 15.2 Å². The first-order valence-corrected chi connectivity index (χ1v) is 4.92. The molecule has 5 N–H and O–H groups in total. The summed E-state index contributed by atoms with van der Waals surface area (Å²) < 4.78 is 0. The van der Waals surface area contributed by atoms with Gasteiger partial charge in [0.05, 0.1) is 5.69 Å². The molecule has 1 atom stereocenters. The van der Waals surface area contributed by atoms with Gasteiger partial charge in [0.2, 0.25) is 0 Å². The molecule has 2 aromatic heterocycles. The van der Waals surface area contributed by atoms with E-state index >= 15 is 0 Å². The summed E-state index contributed by atoms with van der Waals surface area (Å²) in [5.74, 6) is -1.03. The van der Waals surface area contributed by atoms with E-state index in [-0.39, 0.29) is 11.7 Å². The van der Waals surface area contributed by atoms with Crippen molar-refractivity contribution in [3.8, 4) is 11.4 Å². The zero-order valence-corrected chi connectivity index (χ0v) is 8.32. The lowest BCUT2D eigenvalue weighted by Crippen LogP contribution is -2.20. The molecule has 82 valence electrons. The molecule has 0 spiro atoms. The number of aromatic amines is 2. The standard InChI is InChI=1S/C10H10N4O2/c11-5-3-4-1-2-12-7(4)8-6(5)9(10(15)16)14-13-8/h1-2,5,12H,3,11H2,(H,13,14)(H,15,16). The first kappa shape index (κ1) is 9.17. The minimum absolute atomic E-state index is 0.0859. The van der Waals surface area contributed by atoms with Crippen LogP contribution in [-0.4, -0.2) is 26.3 Å². The van der Waals surface area contributed by atoms with Crippen molar-refractivity contribution in [1.29, 1.82) is 0 Å². The topological polar surface area (TPSA) is 108 Å². The molecule has 1 unspecified atom stereocenters. The van der Waals surface area contributed by atoms with Crippen molar-refractivity contribution >= 4 is 5.97 Å². The molecule has 0 aliphatic heterocycles. The Labute approximate surface area is 90.5 Å². The highest BCUT2D eigenvalue weighted by atomic mass is 16.4. The van der Waals surface area contributed by atoms with Crippen molar-refractivity contribution < 1.29 is 9.90 Å². The van der Waals surface area contributed by atoms with Gasteiger partial charge < -0.3 is 15.8 Å². The Kier molecular flexibility index (Phi) is 1.69. The van der Waals surface area contributed by atoms with E-state index in [1.165, 1.54) is 0 Å². The van der Waals surface area contributed by atoms with E-state index in [4.69, 9.17) is 10.8 Å². The number of H-pyrrole nitrogens is 2. The van der Waals surface area contributed by atoms with E-state index in [1.807, 2.05) is 12.3 Å². The van der Waals surface area contributed by atoms with Gasteiger partial charge in [0.25, 0.3) is 0 Å². The lowest BCUT2D eigenvalue weighted by Gasteiger charge is -2.18. The highest BCUT2D eigenvalue weighted by molar-refractivity contribution is 5.90. The number of nitrogens with one attached hydrogen (secondary N) is 2. The van der Waals surface area contributed by atoms with Gasteiger partial charge in [-0.1, -0.05) is 0 Å². The molecule has 0 fully saturated rings. The predicted molar refractivity (Wildman–Crippen MR) is 56.0 cm³/mol. The second-order valence-corrected chi connectivity index (χ2v) is 3.85. The van der Waals surface area contributed by atoms with Crippen molar-refractivity contribution in [2.24, 2.45) is 5.73 Å². The second kappa shape index (κ2) is 2.96. The molecule has 0 radical (unpaired) electrons. The molecule has 2 aromatic rings. The number of carbonyl (C=O) groups is 1. The van der Waals surface area contributed by atoms with Crippen molar-refractivity contribution in [2.75, 3.05) is 0 Å². The molecule has 1 aliphatic rings. The van der Waals surface area contributed by atoms with Gasteiger partial charge in [0, 0.05) is 17.8 Å². The number of rotatable bonds is 1. The normalized spacial score (nSPS) is 17.9.